The van der Waals surface area contributed by atoms with Crippen LogP contribution in [0.2, 0.25) is 10.0 Å². The van der Waals surface area contributed by atoms with Crippen molar-refractivity contribution in [2.75, 3.05) is 0 Å². The molecule has 0 radical (unpaired) electrons. The monoisotopic (exact) mass is 254 g/mol. The summed E-state index contributed by atoms with van der Waals surface area (Å²) in [5.74, 6) is -0.0507. The highest BCUT2D eigenvalue weighted by Crippen LogP contribution is 2.34. The van der Waals surface area contributed by atoms with Crippen LogP contribution in [0.25, 0.3) is 0 Å². The molecule has 1 nitrogen and oxygen atoms in total. The van der Waals surface area contributed by atoms with Crippen molar-refractivity contribution in [1.29, 1.82) is 0 Å². The zero-order chi connectivity index (χ0) is 8.43. The maximum Gasteiger partial charge on any atom is 0.153 e. The summed E-state index contributed by atoms with van der Waals surface area (Å²) in [6.45, 7) is 0. The van der Waals surface area contributed by atoms with E-state index in [1.165, 1.54) is 0 Å². The largest absolute Gasteiger partial charge is 0.505 e. The first-order valence-electron chi connectivity index (χ1n) is 2.88. The minimum Gasteiger partial charge on any atom is -0.505 e. The van der Waals surface area contributed by atoms with E-state index >= 15 is 0 Å². The van der Waals surface area contributed by atoms with Crippen LogP contribution in [0.5, 0.6) is 5.75 Å². The Morgan fingerprint density at radius 2 is 2.00 bits per heavy atom. The van der Waals surface area contributed by atoms with Crippen molar-refractivity contribution in [1.82, 2.24) is 0 Å². The lowest BCUT2D eigenvalue weighted by atomic mass is 10.2. The smallest absolute Gasteiger partial charge is 0.153 e. The molecular weight excluding hydrogens is 251 g/mol. The van der Waals surface area contributed by atoms with E-state index in [4.69, 9.17) is 23.2 Å². The molecule has 4 heteroatoms. The van der Waals surface area contributed by atoms with Crippen LogP contribution in [-0.2, 0) is 5.33 Å². The number of hydrogen-bond acceptors (Lipinski definition) is 1. The van der Waals surface area contributed by atoms with Crippen LogP contribution in [0, 0.1) is 0 Å². The van der Waals surface area contributed by atoms with Gasteiger partial charge in [0.25, 0.3) is 0 Å². The fraction of sp³-hybridized carbons (Fsp3) is 0.143. The standard InChI is InChI=1S/C7H5BrCl2O/c8-3-4-1-2-5(9)7(11)6(4)10/h1-2,11H,3H2. The van der Waals surface area contributed by atoms with E-state index in [-0.39, 0.29) is 10.8 Å². The highest BCUT2D eigenvalue weighted by molar-refractivity contribution is 9.08. The Kier molecular flexibility index (Phi) is 3.05. The van der Waals surface area contributed by atoms with Gasteiger partial charge in [-0.2, -0.15) is 0 Å². The highest BCUT2D eigenvalue weighted by Gasteiger charge is 2.07. The van der Waals surface area contributed by atoms with Gasteiger partial charge in [-0.15, -0.1) is 0 Å². The molecule has 0 aliphatic heterocycles. The van der Waals surface area contributed by atoms with Crippen LogP contribution in [-0.4, -0.2) is 5.11 Å². The summed E-state index contributed by atoms with van der Waals surface area (Å²) in [7, 11) is 0. The Morgan fingerprint density at radius 1 is 1.36 bits per heavy atom. The van der Waals surface area contributed by atoms with Gasteiger partial charge < -0.3 is 5.11 Å². The lowest BCUT2D eigenvalue weighted by Crippen LogP contribution is -1.80. The molecule has 1 aromatic carbocycles. The number of halogens is 3. The summed E-state index contributed by atoms with van der Waals surface area (Å²) in [5.41, 5.74) is 0.827. The van der Waals surface area contributed by atoms with Crippen LogP contribution in [0.4, 0.5) is 0 Å². The fourth-order valence-corrected chi connectivity index (χ4v) is 1.75. The number of alkyl halides is 1. The highest BCUT2D eigenvalue weighted by atomic mass is 79.9. The van der Waals surface area contributed by atoms with Crippen molar-refractivity contribution in [2.45, 2.75) is 5.33 Å². The lowest BCUT2D eigenvalue weighted by molar-refractivity contribution is 0.475. The third kappa shape index (κ3) is 1.81. The lowest BCUT2D eigenvalue weighted by Gasteiger charge is -2.03. The first-order valence-corrected chi connectivity index (χ1v) is 4.76. The normalized spacial score (nSPS) is 10.1. The molecule has 0 fully saturated rings. The Hall–Kier alpha value is 0.0800. The van der Waals surface area contributed by atoms with Crippen LogP contribution in [0.3, 0.4) is 0 Å². The van der Waals surface area contributed by atoms with Crippen LogP contribution in [0.15, 0.2) is 12.1 Å². The molecule has 0 amide bonds. The van der Waals surface area contributed by atoms with Gasteiger partial charge in [0.15, 0.2) is 5.75 Å². The number of phenolic OH excluding ortho intramolecular Hbond substituents is 1. The molecule has 0 aliphatic carbocycles. The average Bonchev–Trinajstić information content (AvgIpc) is 2.01. The van der Waals surface area contributed by atoms with Crippen molar-refractivity contribution in [2.24, 2.45) is 0 Å². The molecule has 0 aliphatic rings. The minimum atomic E-state index is -0.0507. The number of benzene rings is 1. The van der Waals surface area contributed by atoms with E-state index in [2.05, 4.69) is 15.9 Å². The molecule has 0 heterocycles. The second-order valence-corrected chi connectivity index (χ2v) is 3.35. The Morgan fingerprint density at radius 3 is 2.55 bits per heavy atom. The first-order chi connectivity index (χ1) is 5.16. The Bertz CT molecular complexity index is 275. The molecule has 1 aromatic rings. The predicted molar refractivity (Wildman–Crippen MR) is 50.8 cm³/mol. The van der Waals surface area contributed by atoms with Crippen molar-refractivity contribution < 1.29 is 5.11 Å². The molecule has 0 saturated heterocycles. The molecule has 60 valence electrons. The molecule has 0 saturated carbocycles. The number of aromatic hydroxyl groups is 1. The van der Waals surface area contributed by atoms with Gasteiger partial charge in [0.05, 0.1) is 10.0 Å². The zero-order valence-electron chi connectivity index (χ0n) is 5.44. The summed E-state index contributed by atoms with van der Waals surface area (Å²) in [4.78, 5) is 0. The van der Waals surface area contributed by atoms with E-state index in [0.29, 0.717) is 10.4 Å². The fourth-order valence-electron chi connectivity index (χ4n) is 0.686. The van der Waals surface area contributed by atoms with E-state index in [1.807, 2.05) is 0 Å². The molecule has 0 aromatic heterocycles. The maximum atomic E-state index is 9.23. The van der Waals surface area contributed by atoms with Gasteiger partial charge in [0.1, 0.15) is 0 Å². The van der Waals surface area contributed by atoms with Gasteiger partial charge in [-0.25, -0.2) is 0 Å². The molecule has 0 spiro atoms. The number of rotatable bonds is 1. The third-order valence-corrected chi connectivity index (χ3v) is 2.62. The quantitative estimate of drug-likeness (QED) is 0.761. The number of phenols is 1. The summed E-state index contributed by atoms with van der Waals surface area (Å²) >= 11 is 14.6. The van der Waals surface area contributed by atoms with E-state index < -0.39 is 0 Å². The van der Waals surface area contributed by atoms with Crippen LogP contribution < -0.4 is 0 Å². The molecule has 0 atom stereocenters. The zero-order valence-corrected chi connectivity index (χ0v) is 8.54. The number of hydrogen-bond donors (Lipinski definition) is 1. The summed E-state index contributed by atoms with van der Waals surface area (Å²) in [5, 5.41) is 10.4. The van der Waals surface area contributed by atoms with Gasteiger partial charge in [-0.3, -0.25) is 0 Å². The molecule has 0 unspecified atom stereocenters. The van der Waals surface area contributed by atoms with Crippen molar-refractivity contribution in [3.8, 4) is 5.75 Å². The predicted octanol–water partition coefficient (Wildman–Crippen LogP) is 3.59. The Labute approximate surface area is 83.1 Å². The van der Waals surface area contributed by atoms with Gasteiger partial charge in [-0.05, 0) is 11.6 Å². The SMILES string of the molecule is Oc1c(Cl)ccc(CBr)c1Cl. The molecule has 0 bridgehead atoms. The molecule has 11 heavy (non-hydrogen) atoms. The molecule has 1 rings (SSSR count). The Balaban J connectivity index is 3.25. The van der Waals surface area contributed by atoms with E-state index in [9.17, 15) is 5.11 Å². The maximum absolute atomic E-state index is 9.23. The first kappa shape index (κ1) is 9.17. The van der Waals surface area contributed by atoms with Crippen molar-refractivity contribution >= 4 is 39.1 Å². The van der Waals surface area contributed by atoms with Crippen LogP contribution in [0.1, 0.15) is 5.56 Å². The topological polar surface area (TPSA) is 20.2 Å². The molecule has 1 N–H and O–H groups in total. The summed E-state index contributed by atoms with van der Waals surface area (Å²) in [6, 6.07) is 3.37. The van der Waals surface area contributed by atoms with Gasteiger partial charge in [-0.1, -0.05) is 45.2 Å². The van der Waals surface area contributed by atoms with Crippen LogP contribution >= 0.6 is 39.1 Å². The second-order valence-electron chi connectivity index (χ2n) is 2.00. The summed E-state index contributed by atoms with van der Waals surface area (Å²) < 4.78 is 0. The van der Waals surface area contributed by atoms with Gasteiger partial charge >= 0.3 is 0 Å². The van der Waals surface area contributed by atoms with Crippen molar-refractivity contribution in [3.63, 3.8) is 0 Å². The van der Waals surface area contributed by atoms with Gasteiger partial charge in [0, 0.05) is 5.33 Å². The van der Waals surface area contributed by atoms with Crippen molar-refractivity contribution in [3.05, 3.63) is 27.7 Å². The minimum absolute atomic E-state index is 0.0507. The second kappa shape index (κ2) is 3.65. The van der Waals surface area contributed by atoms with Gasteiger partial charge in [0.2, 0.25) is 0 Å². The van der Waals surface area contributed by atoms with E-state index in [1.54, 1.807) is 12.1 Å². The van der Waals surface area contributed by atoms with E-state index in [0.717, 1.165) is 5.56 Å². The molecular formula is C7H5BrCl2O. The average molecular weight is 256 g/mol. The summed E-state index contributed by atoms with van der Waals surface area (Å²) in [6.07, 6.45) is 0. The third-order valence-electron chi connectivity index (χ3n) is 1.29.